The van der Waals surface area contributed by atoms with Crippen molar-refractivity contribution >= 4 is 45.3 Å². The molecule has 0 spiro atoms. The number of para-hydroxylation sites is 1. The van der Waals surface area contributed by atoms with Gasteiger partial charge in [0.2, 0.25) is 0 Å². The van der Waals surface area contributed by atoms with Crippen LogP contribution in [0.5, 0.6) is 0 Å². The van der Waals surface area contributed by atoms with Crippen LogP contribution in [-0.4, -0.2) is 20.7 Å². The van der Waals surface area contributed by atoms with Gasteiger partial charge in [0.15, 0.2) is 11.5 Å². The summed E-state index contributed by atoms with van der Waals surface area (Å²) in [4.78, 5) is 17.6. The smallest absolute Gasteiger partial charge is 0.256 e. The molecule has 2 heterocycles. The highest BCUT2D eigenvalue weighted by molar-refractivity contribution is 6.30. The second-order valence-electron chi connectivity index (χ2n) is 7.39. The summed E-state index contributed by atoms with van der Waals surface area (Å²) < 4.78 is 1.88. The van der Waals surface area contributed by atoms with E-state index in [0.717, 1.165) is 34.0 Å². The van der Waals surface area contributed by atoms with Gasteiger partial charge in [0.05, 0.1) is 10.9 Å². The number of pyridine rings is 1. The van der Waals surface area contributed by atoms with Crippen molar-refractivity contribution in [2.75, 3.05) is 5.32 Å². The minimum Gasteiger partial charge on any atom is -0.305 e. The lowest BCUT2D eigenvalue weighted by atomic mass is 10.1. The number of nitrogens with zero attached hydrogens (tertiary/aromatic N) is 3. The minimum atomic E-state index is -0.225. The highest BCUT2D eigenvalue weighted by atomic mass is 35.5. The van der Waals surface area contributed by atoms with Gasteiger partial charge in [-0.05, 0) is 48.7 Å². The van der Waals surface area contributed by atoms with E-state index < -0.39 is 0 Å². The van der Waals surface area contributed by atoms with Gasteiger partial charge in [-0.1, -0.05) is 43.6 Å². The zero-order chi connectivity index (χ0) is 19.8. The van der Waals surface area contributed by atoms with E-state index in [4.69, 9.17) is 16.6 Å². The van der Waals surface area contributed by atoms with Crippen molar-refractivity contribution in [1.29, 1.82) is 0 Å². The number of fused-ring (bicyclic) bond motifs is 2. The normalized spacial score (nSPS) is 11.5. The summed E-state index contributed by atoms with van der Waals surface area (Å²) >= 11 is 5.92. The number of rotatable bonds is 4. The second kappa shape index (κ2) is 7.24. The van der Waals surface area contributed by atoms with E-state index in [-0.39, 0.29) is 5.91 Å². The van der Waals surface area contributed by atoms with E-state index >= 15 is 0 Å². The molecule has 0 atom stereocenters. The molecule has 142 valence electrons. The summed E-state index contributed by atoms with van der Waals surface area (Å²) in [6, 6.07) is 14.9. The molecule has 1 amide bonds. The van der Waals surface area contributed by atoms with Gasteiger partial charge >= 0.3 is 0 Å². The monoisotopic (exact) mass is 392 g/mol. The van der Waals surface area contributed by atoms with Crippen LogP contribution in [0.4, 0.5) is 5.82 Å². The van der Waals surface area contributed by atoms with E-state index in [2.05, 4.69) is 24.3 Å². The highest BCUT2D eigenvalue weighted by Crippen LogP contribution is 2.28. The van der Waals surface area contributed by atoms with Gasteiger partial charge in [0.25, 0.3) is 5.91 Å². The van der Waals surface area contributed by atoms with Crippen molar-refractivity contribution < 1.29 is 4.79 Å². The average molecular weight is 393 g/mol. The second-order valence-corrected chi connectivity index (χ2v) is 7.83. The van der Waals surface area contributed by atoms with Crippen LogP contribution in [0.3, 0.4) is 0 Å². The Bertz CT molecular complexity index is 1180. The minimum absolute atomic E-state index is 0.225. The lowest BCUT2D eigenvalue weighted by Gasteiger charge is -2.06. The number of aromatic nitrogens is 3. The third-order valence-electron chi connectivity index (χ3n) is 4.62. The van der Waals surface area contributed by atoms with Gasteiger partial charge in [-0.2, -0.15) is 5.10 Å². The number of carbonyl (C=O) groups is 1. The third-order valence-corrected chi connectivity index (χ3v) is 4.88. The number of nitrogens with one attached hydrogen (secondary N) is 1. The van der Waals surface area contributed by atoms with Crippen LogP contribution in [0.2, 0.25) is 5.02 Å². The van der Waals surface area contributed by atoms with Crippen molar-refractivity contribution in [1.82, 2.24) is 14.8 Å². The van der Waals surface area contributed by atoms with Gasteiger partial charge in [-0.3, -0.25) is 4.79 Å². The number of carbonyl (C=O) groups excluding carboxylic acids is 1. The fraction of sp³-hybridized carbons (Fsp3) is 0.227. The summed E-state index contributed by atoms with van der Waals surface area (Å²) in [7, 11) is 0. The first kappa shape index (κ1) is 18.4. The molecule has 0 saturated carbocycles. The molecule has 0 radical (unpaired) electrons. The molecule has 28 heavy (non-hydrogen) atoms. The Labute approximate surface area is 168 Å². The third kappa shape index (κ3) is 3.45. The summed E-state index contributed by atoms with van der Waals surface area (Å²) in [5, 5.41) is 10.1. The lowest BCUT2D eigenvalue weighted by molar-refractivity contribution is 0.102. The quantitative estimate of drug-likeness (QED) is 0.502. The average Bonchev–Trinajstić information content (AvgIpc) is 2.97. The van der Waals surface area contributed by atoms with Crippen LogP contribution >= 0.6 is 11.6 Å². The molecular weight excluding hydrogens is 372 g/mol. The molecule has 0 unspecified atom stereocenters. The lowest BCUT2D eigenvalue weighted by Crippen LogP contribution is -2.13. The summed E-state index contributed by atoms with van der Waals surface area (Å²) in [5.74, 6) is 0.695. The van der Waals surface area contributed by atoms with Gasteiger partial charge < -0.3 is 5.32 Å². The molecule has 4 rings (SSSR count). The predicted octanol–water partition coefficient (Wildman–Crippen LogP) is 5.45. The Balaban J connectivity index is 1.82. The van der Waals surface area contributed by atoms with Crippen LogP contribution in [0.15, 0.2) is 48.5 Å². The zero-order valence-corrected chi connectivity index (χ0v) is 16.8. The van der Waals surface area contributed by atoms with E-state index in [0.29, 0.717) is 22.3 Å². The molecule has 2 aromatic heterocycles. The molecule has 0 bridgehead atoms. The van der Waals surface area contributed by atoms with Crippen molar-refractivity contribution in [3.63, 3.8) is 0 Å². The van der Waals surface area contributed by atoms with Crippen LogP contribution in [-0.2, 0) is 6.54 Å². The molecule has 0 aliphatic rings. The molecule has 6 heteroatoms. The Kier molecular flexibility index (Phi) is 4.77. The fourth-order valence-electron chi connectivity index (χ4n) is 3.28. The number of benzene rings is 2. The molecular formula is C22H21ClN4O. The van der Waals surface area contributed by atoms with Crippen LogP contribution in [0, 0.1) is 12.8 Å². The van der Waals surface area contributed by atoms with Crippen LogP contribution in [0.1, 0.15) is 29.8 Å². The van der Waals surface area contributed by atoms with Gasteiger partial charge in [0.1, 0.15) is 0 Å². The fourth-order valence-corrected chi connectivity index (χ4v) is 3.40. The maximum Gasteiger partial charge on any atom is 0.256 e. The van der Waals surface area contributed by atoms with Gasteiger partial charge in [-0.15, -0.1) is 0 Å². The first-order valence-corrected chi connectivity index (χ1v) is 9.64. The van der Waals surface area contributed by atoms with Crippen molar-refractivity contribution in [3.05, 3.63) is 64.7 Å². The summed E-state index contributed by atoms with van der Waals surface area (Å²) in [6.45, 7) is 7.03. The maximum absolute atomic E-state index is 12.7. The summed E-state index contributed by atoms with van der Waals surface area (Å²) in [5.41, 5.74) is 3.38. The number of hydrogen-bond acceptors (Lipinski definition) is 3. The van der Waals surface area contributed by atoms with Crippen molar-refractivity contribution in [2.24, 2.45) is 5.92 Å². The van der Waals surface area contributed by atoms with Crippen LogP contribution in [0.25, 0.3) is 21.9 Å². The Morgan fingerprint density at radius 2 is 1.93 bits per heavy atom. The molecule has 2 aromatic carbocycles. The molecule has 5 nitrogen and oxygen atoms in total. The van der Waals surface area contributed by atoms with Gasteiger partial charge in [-0.25, -0.2) is 9.67 Å². The SMILES string of the molecule is Cc1cccc2cc3c(NC(=O)c4ccc(Cl)cc4)nn(CC(C)C)c3nc12. The first-order valence-electron chi connectivity index (χ1n) is 9.26. The molecule has 1 N–H and O–H groups in total. The Morgan fingerprint density at radius 3 is 2.64 bits per heavy atom. The molecule has 0 saturated heterocycles. The van der Waals surface area contributed by atoms with Crippen molar-refractivity contribution in [2.45, 2.75) is 27.3 Å². The molecule has 0 fully saturated rings. The molecule has 0 aliphatic heterocycles. The number of amides is 1. The Hall–Kier alpha value is -2.92. The number of anilines is 1. The topological polar surface area (TPSA) is 59.8 Å². The summed E-state index contributed by atoms with van der Waals surface area (Å²) in [6.07, 6.45) is 0. The Morgan fingerprint density at radius 1 is 1.18 bits per heavy atom. The van der Waals surface area contributed by atoms with Gasteiger partial charge in [0, 0.05) is 22.5 Å². The highest BCUT2D eigenvalue weighted by Gasteiger charge is 2.17. The standard InChI is InChI=1S/C22H21ClN4O/c1-13(2)12-27-21-18(11-16-6-4-5-14(3)19(16)24-21)20(26-27)25-22(28)15-7-9-17(23)10-8-15/h4-11,13H,12H2,1-3H3,(H,25,26,28). The van der Waals surface area contributed by atoms with E-state index in [9.17, 15) is 4.79 Å². The maximum atomic E-state index is 12.7. The number of hydrogen-bond donors (Lipinski definition) is 1. The van der Waals surface area contributed by atoms with Crippen molar-refractivity contribution in [3.8, 4) is 0 Å². The van der Waals surface area contributed by atoms with E-state index in [1.165, 1.54) is 0 Å². The predicted molar refractivity (Wildman–Crippen MR) is 114 cm³/mol. The van der Waals surface area contributed by atoms with E-state index in [1.54, 1.807) is 24.3 Å². The van der Waals surface area contributed by atoms with E-state index in [1.807, 2.05) is 35.9 Å². The largest absolute Gasteiger partial charge is 0.305 e. The first-order chi connectivity index (χ1) is 13.4. The molecule has 4 aromatic rings. The van der Waals surface area contributed by atoms with Crippen LogP contribution < -0.4 is 5.32 Å². The number of aryl methyl sites for hydroxylation is 1. The number of halogens is 1. The molecule has 0 aliphatic carbocycles. The zero-order valence-electron chi connectivity index (χ0n) is 16.0.